The van der Waals surface area contributed by atoms with Crippen molar-refractivity contribution in [2.24, 2.45) is 0 Å². The summed E-state index contributed by atoms with van der Waals surface area (Å²) in [5, 5.41) is 21.3. The maximum Gasteiger partial charge on any atom is 0.158 e. The van der Waals surface area contributed by atoms with Gasteiger partial charge in [-0.25, -0.2) is 4.68 Å². The Balaban J connectivity index is 2.14. The van der Waals surface area contributed by atoms with Gasteiger partial charge >= 0.3 is 0 Å². The molecule has 0 aliphatic carbocycles. The summed E-state index contributed by atoms with van der Waals surface area (Å²) in [4.78, 5) is 0. The molecular formula is C10H14N4O2. The fraction of sp³-hybridized carbons (Fsp3) is 0.500. The number of nitrogens with zero attached hydrogens (tertiary/aromatic N) is 4. The summed E-state index contributed by atoms with van der Waals surface area (Å²) in [5.41, 5.74) is 0.386. The predicted octanol–water partition coefficient (Wildman–Crippen LogP) is 0.850. The van der Waals surface area contributed by atoms with Crippen LogP contribution in [0.25, 0.3) is 0 Å². The molecule has 0 saturated heterocycles. The minimum absolute atomic E-state index is 0.462. The first-order chi connectivity index (χ1) is 7.45. The van der Waals surface area contributed by atoms with E-state index < -0.39 is 5.60 Å². The van der Waals surface area contributed by atoms with Crippen molar-refractivity contribution in [3.8, 4) is 0 Å². The van der Waals surface area contributed by atoms with E-state index >= 15 is 0 Å². The predicted molar refractivity (Wildman–Crippen MR) is 55.6 cm³/mol. The van der Waals surface area contributed by atoms with Gasteiger partial charge in [0.15, 0.2) is 5.76 Å². The molecule has 0 aromatic carbocycles. The van der Waals surface area contributed by atoms with Gasteiger partial charge in [0, 0.05) is 6.07 Å². The SMILES string of the molecule is Cc1cc(Cn2cc(C(C)(C)O)nn2)on1. The van der Waals surface area contributed by atoms with Crippen LogP contribution in [0.15, 0.2) is 16.8 Å². The van der Waals surface area contributed by atoms with E-state index in [0.717, 1.165) is 5.69 Å². The molecule has 0 aliphatic heterocycles. The van der Waals surface area contributed by atoms with Gasteiger partial charge in [0.25, 0.3) is 0 Å². The molecule has 0 saturated carbocycles. The van der Waals surface area contributed by atoms with E-state index in [2.05, 4.69) is 15.5 Å². The van der Waals surface area contributed by atoms with E-state index in [4.69, 9.17) is 4.52 Å². The molecule has 0 atom stereocenters. The summed E-state index contributed by atoms with van der Waals surface area (Å²) in [7, 11) is 0. The Hall–Kier alpha value is -1.69. The Labute approximate surface area is 92.9 Å². The van der Waals surface area contributed by atoms with Crippen molar-refractivity contribution in [1.82, 2.24) is 20.2 Å². The van der Waals surface area contributed by atoms with Crippen LogP contribution in [0.5, 0.6) is 0 Å². The molecule has 2 aromatic rings. The second kappa shape index (κ2) is 3.71. The molecule has 0 spiro atoms. The average molecular weight is 222 g/mol. The lowest BCUT2D eigenvalue weighted by molar-refractivity contribution is 0.0737. The van der Waals surface area contributed by atoms with E-state index in [1.54, 1.807) is 24.7 Å². The van der Waals surface area contributed by atoms with Crippen molar-refractivity contribution in [1.29, 1.82) is 0 Å². The van der Waals surface area contributed by atoms with Crippen LogP contribution in [-0.4, -0.2) is 25.3 Å². The molecule has 2 heterocycles. The number of aryl methyl sites for hydroxylation is 1. The van der Waals surface area contributed by atoms with Crippen LogP contribution < -0.4 is 0 Å². The van der Waals surface area contributed by atoms with E-state index in [9.17, 15) is 5.11 Å². The lowest BCUT2D eigenvalue weighted by atomic mass is 10.1. The molecule has 6 heteroatoms. The largest absolute Gasteiger partial charge is 0.384 e. The minimum Gasteiger partial charge on any atom is -0.384 e. The third kappa shape index (κ3) is 2.27. The van der Waals surface area contributed by atoms with Gasteiger partial charge < -0.3 is 9.63 Å². The highest BCUT2D eigenvalue weighted by Crippen LogP contribution is 2.16. The molecule has 2 rings (SSSR count). The molecule has 0 aliphatic rings. The number of hydrogen-bond acceptors (Lipinski definition) is 5. The smallest absolute Gasteiger partial charge is 0.158 e. The number of rotatable bonds is 3. The van der Waals surface area contributed by atoms with E-state index in [1.165, 1.54) is 0 Å². The van der Waals surface area contributed by atoms with Gasteiger partial charge in [-0.1, -0.05) is 10.4 Å². The van der Waals surface area contributed by atoms with Crippen LogP contribution >= 0.6 is 0 Å². The molecule has 0 amide bonds. The molecule has 6 nitrogen and oxygen atoms in total. The lowest BCUT2D eigenvalue weighted by Gasteiger charge is -2.11. The second-order valence-electron chi connectivity index (χ2n) is 4.29. The molecule has 0 bridgehead atoms. The van der Waals surface area contributed by atoms with Crippen molar-refractivity contribution in [2.45, 2.75) is 32.9 Å². The Bertz CT molecular complexity index is 481. The van der Waals surface area contributed by atoms with Crippen molar-refractivity contribution in [3.63, 3.8) is 0 Å². The van der Waals surface area contributed by atoms with Gasteiger partial charge in [-0.3, -0.25) is 0 Å². The maximum absolute atomic E-state index is 9.72. The van der Waals surface area contributed by atoms with E-state index in [0.29, 0.717) is 18.0 Å². The molecule has 0 unspecified atom stereocenters. The zero-order valence-corrected chi connectivity index (χ0v) is 9.51. The molecule has 16 heavy (non-hydrogen) atoms. The van der Waals surface area contributed by atoms with E-state index in [1.807, 2.05) is 13.0 Å². The molecular weight excluding hydrogens is 208 g/mol. The highest BCUT2D eigenvalue weighted by molar-refractivity contribution is 5.06. The van der Waals surface area contributed by atoms with Crippen LogP contribution in [-0.2, 0) is 12.1 Å². The Morgan fingerprint density at radius 1 is 1.50 bits per heavy atom. The summed E-state index contributed by atoms with van der Waals surface area (Å²) in [5.74, 6) is 0.713. The summed E-state index contributed by atoms with van der Waals surface area (Å²) < 4.78 is 6.67. The van der Waals surface area contributed by atoms with Crippen LogP contribution in [0.1, 0.15) is 31.0 Å². The van der Waals surface area contributed by atoms with Gasteiger partial charge in [-0.15, -0.1) is 5.10 Å². The van der Waals surface area contributed by atoms with Gasteiger partial charge in [0.1, 0.15) is 17.8 Å². The van der Waals surface area contributed by atoms with Crippen LogP contribution in [0.2, 0.25) is 0 Å². The van der Waals surface area contributed by atoms with E-state index in [-0.39, 0.29) is 0 Å². The molecule has 1 N–H and O–H groups in total. The third-order valence-corrected chi connectivity index (χ3v) is 2.16. The van der Waals surface area contributed by atoms with Gasteiger partial charge in [-0.2, -0.15) is 0 Å². The first-order valence-electron chi connectivity index (χ1n) is 5.00. The van der Waals surface area contributed by atoms with Crippen LogP contribution in [0, 0.1) is 6.92 Å². The Morgan fingerprint density at radius 3 is 2.75 bits per heavy atom. The number of hydrogen-bond donors (Lipinski definition) is 1. The first-order valence-corrected chi connectivity index (χ1v) is 5.00. The van der Waals surface area contributed by atoms with Crippen molar-refractivity contribution >= 4 is 0 Å². The zero-order valence-electron chi connectivity index (χ0n) is 9.51. The van der Waals surface area contributed by atoms with Crippen molar-refractivity contribution in [2.75, 3.05) is 0 Å². The first kappa shape index (κ1) is 10.8. The fourth-order valence-electron chi connectivity index (χ4n) is 1.31. The zero-order chi connectivity index (χ0) is 11.8. The lowest BCUT2D eigenvalue weighted by Crippen LogP contribution is -2.15. The van der Waals surface area contributed by atoms with Crippen molar-refractivity contribution in [3.05, 3.63) is 29.4 Å². The topological polar surface area (TPSA) is 77.0 Å². The highest BCUT2D eigenvalue weighted by atomic mass is 16.5. The Morgan fingerprint density at radius 2 is 2.25 bits per heavy atom. The molecule has 86 valence electrons. The quantitative estimate of drug-likeness (QED) is 0.833. The van der Waals surface area contributed by atoms with Gasteiger partial charge in [0.05, 0.1) is 11.9 Å². The maximum atomic E-state index is 9.72. The second-order valence-corrected chi connectivity index (χ2v) is 4.29. The van der Waals surface area contributed by atoms with Crippen molar-refractivity contribution < 1.29 is 9.63 Å². The Kier molecular flexibility index (Phi) is 2.51. The number of aliphatic hydroxyl groups is 1. The minimum atomic E-state index is -0.977. The molecule has 0 radical (unpaired) electrons. The summed E-state index contributed by atoms with van der Waals surface area (Å²) in [6.45, 7) is 5.65. The highest BCUT2D eigenvalue weighted by Gasteiger charge is 2.20. The van der Waals surface area contributed by atoms with Crippen LogP contribution in [0.3, 0.4) is 0 Å². The fourth-order valence-corrected chi connectivity index (χ4v) is 1.31. The van der Waals surface area contributed by atoms with Gasteiger partial charge in [-0.05, 0) is 20.8 Å². The monoisotopic (exact) mass is 222 g/mol. The standard InChI is InChI=1S/C10H14N4O2/c1-7-4-8(16-12-7)5-14-6-9(11-13-14)10(2,3)15/h4,6,15H,5H2,1-3H3. The van der Waals surface area contributed by atoms with Gasteiger partial charge in [0.2, 0.25) is 0 Å². The molecule has 0 fully saturated rings. The third-order valence-electron chi connectivity index (χ3n) is 2.16. The van der Waals surface area contributed by atoms with Crippen LogP contribution in [0.4, 0.5) is 0 Å². The summed E-state index contributed by atoms with van der Waals surface area (Å²) in [6.07, 6.45) is 1.69. The number of aromatic nitrogens is 4. The normalized spacial score (nSPS) is 12.0. The summed E-state index contributed by atoms with van der Waals surface area (Å²) in [6, 6.07) is 1.84. The molecule has 2 aromatic heterocycles. The average Bonchev–Trinajstić information content (AvgIpc) is 2.74. The summed E-state index contributed by atoms with van der Waals surface area (Å²) >= 11 is 0.